The zero-order valence-corrected chi connectivity index (χ0v) is 18.8. The van der Waals surface area contributed by atoms with E-state index in [-0.39, 0.29) is 22.0 Å². The van der Waals surface area contributed by atoms with E-state index < -0.39 is 27.8 Å². The monoisotopic (exact) mass is 468 g/mol. The molecule has 3 rings (SSSR count). The molecule has 1 aliphatic rings. The van der Waals surface area contributed by atoms with Crippen molar-refractivity contribution >= 4 is 44.8 Å². The molecule has 0 radical (unpaired) electrons. The van der Waals surface area contributed by atoms with Crippen molar-refractivity contribution in [3.05, 3.63) is 40.9 Å². The maximum absolute atomic E-state index is 12.8. The smallest absolute Gasteiger partial charge is 0.257 e. The SMILES string of the molecule is COc1cc(NC(=O)c2ccc(N3C(=O)[C@H](C)CS3(=O)=O)cc2Cl)cc(OC)c1OC. The van der Waals surface area contributed by atoms with Crippen LogP contribution in [0.5, 0.6) is 17.2 Å². The van der Waals surface area contributed by atoms with Gasteiger partial charge in [0.15, 0.2) is 11.5 Å². The molecule has 1 saturated heterocycles. The molecule has 1 atom stereocenters. The highest BCUT2D eigenvalue weighted by Gasteiger charge is 2.42. The number of amides is 2. The van der Waals surface area contributed by atoms with Crippen LogP contribution in [0.2, 0.25) is 5.02 Å². The molecule has 1 N–H and O–H groups in total. The highest BCUT2D eigenvalue weighted by atomic mass is 35.5. The number of hydrogen-bond acceptors (Lipinski definition) is 7. The second-order valence-corrected chi connectivity index (χ2v) is 9.08. The summed E-state index contributed by atoms with van der Waals surface area (Å²) in [7, 11) is 0.593. The second-order valence-electron chi connectivity index (χ2n) is 6.81. The zero-order chi connectivity index (χ0) is 22.9. The number of carbonyl (C=O) groups excluding carboxylic acids is 2. The first-order valence-electron chi connectivity index (χ1n) is 9.10. The Balaban J connectivity index is 1.90. The van der Waals surface area contributed by atoms with Crippen LogP contribution in [0.1, 0.15) is 17.3 Å². The number of nitrogens with zero attached hydrogens (tertiary/aromatic N) is 1. The van der Waals surface area contributed by atoms with Gasteiger partial charge >= 0.3 is 0 Å². The van der Waals surface area contributed by atoms with Crippen molar-refractivity contribution in [3.63, 3.8) is 0 Å². The third kappa shape index (κ3) is 4.26. The van der Waals surface area contributed by atoms with E-state index in [1.807, 2.05) is 0 Å². The van der Waals surface area contributed by atoms with E-state index in [9.17, 15) is 18.0 Å². The molecule has 0 aromatic heterocycles. The van der Waals surface area contributed by atoms with Gasteiger partial charge in [0.05, 0.1) is 49.3 Å². The second kappa shape index (κ2) is 8.64. The first-order chi connectivity index (χ1) is 14.6. The average Bonchev–Trinajstić information content (AvgIpc) is 2.93. The van der Waals surface area contributed by atoms with Crippen LogP contribution in [-0.2, 0) is 14.8 Å². The molecule has 9 nitrogen and oxygen atoms in total. The van der Waals surface area contributed by atoms with E-state index in [0.717, 1.165) is 4.31 Å². The minimum Gasteiger partial charge on any atom is -0.493 e. The molecule has 1 heterocycles. The lowest BCUT2D eigenvalue weighted by atomic mass is 10.1. The number of anilines is 2. The fraction of sp³-hybridized carbons (Fsp3) is 0.300. The fourth-order valence-electron chi connectivity index (χ4n) is 3.25. The van der Waals surface area contributed by atoms with Gasteiger partial charge in [-0.2, -0.15) is 0 Å². The summed E-state index contributed by atoms with van der Waals surface area (Å²) in [5.74, 6) is -0.924. The number of ether oxygens (including phenoxy) is 3. The Morgan fingerprint density at radius 3 is 2.16 bits per heavy atom. The van der Waals surface area contributed by atoms with Crippen molar-refractivity contribution in [2.24, 2.45) is 5.92 Å². The lowest BCUT2D eigenvalue weighted by Crippen LogP contribution is -2.30. The number of hydrogen-bond donors (Lipinski definition) is 1. The zero-order valence-electron chi connectivity index (χ0n) is 17.3. The van der Waals surface area contributed by atoms with E-state index in [1.165, 1.54) is 39.5 Å². The van der Waals surface area contributed by atoms with Gasteiger partial charge in [-0.1, -0.05) is 18.5 Å². The predicted octanol–water partition coefficient (Wildman–Crippen LogP) is 2.93. The van der Waals surface area contributed by atoms with Gasteiger partial charge in [-0.05, 0) is 18.2 Å². The first-order valence-corrected chi connectivity index (χ1v) is 11.1. The van der Waals surface area contributed by atoms with Gasteiger partial charge in [0.25, 0.3) is 5.91 Å². The van der Waals surface area contributed by atoms with Crippen molar-refractivity contribution in [1.82, 2.24) is 0 Å². The number of benzene rings is 2. The standard InChI is InChI=1S/C20H21ClN2O7S/c1-11-10-31(26,27)23(20(11)25)13-5-6-14(15(21)9-13)19(24)22-12-7-16(28-2)18(30-4)17(8-12)29-3/h5-9,11H,10H2,1-4H3,(H,22,24)/t11-/m1/s1. The Morgan fingerprint density at radius 1 is 1.10 bits per heavy atom. The maximum Gasteiger partial charge on any atom is 0.257 e. The van der Waals surface area contributed by atoms with Crippen LogP contribution in [-0.4, -0.2) is 47.3 Å². The van der Waals surface area contributed by atoms with Gasteiger partial charge in [0, 0.05) is 17.8 Å². The molecule has 31 heavy (non-hydrogen) atoms. The van der Waals surface area contributed by atoms with Gasteiger partial charge < -0.3 is 19.5 Å². The predicted molar refractivity (Wildman–Crippen MR) is 116 cm³/mol. The quantitative estimate of drug-likeness (QED) is 0.693. The lowest BCUT2D eigenvalue weighted by Gasteiger charge is -2.17. The number of halogens is 1. The summed E-state index contributed by atoms with van der Waals surface area (Å²) in [6.07, 6.45) is 0. The molecule has 0 bridgehead atoms. The molecule has 0 aliphatic carbocycles. The minimum atomic E-state index is -3.77. The highest BCUT2D eigenvalue weighted by Crippen LogP contribution is 2.40. The molecule has 166 valence electrons. The Hall–Kier alpha value is -2.98. The van der Waals surface area contributed by atoms with E-state index >= 15 is 0 Å². The Bertz CT molecular complexity index is 1130. The van der Waals surface area contributed by atoms with Crippen molar-refractivity contribution in [1.29, 1.82) is 0 Å². The van der Waals surface area contributed by atoms with Crippen molar-refractivity contribution in [2.75, 3.05) is 36.7 Å². The minimum absolute atomic E-state index is 0.00926. The molecule has 1 fully saturated rings. The van der Waals surface area contributed by atoms with Crippen LogP contribution >= 0.6 is 11.6 Å². The van der Waals surface area contributed by atoms with Gasteiger partial charge in [-0.15, -0.1) is 0 Å². The van der Waals surface area contributed by atoms with Gasteiger partial charge in [-0.25, -0.2) is 12.7 Å². The average molecular weight is 469 g/mol. The molecule has 11 heteroatoms. The van der Waals surface area contributed by atoms with E-state index in [1.54, 1.807) is 19.1 Å². The number of rotatable bonds is 6. The lowest BCUT2D eigenvalue weighted by molar-refractivity contribution is -0.119. The van der Waals surface area contributed by atoms with Gasteiger partial charge in [-0.3, -0.25) is 9.59 Å². The van der Waals surface area contributed by atoms with E-state index in [0.29, 0.717) is 22.9 Å². The molecular weight excluding hydrogens is 448 g/mol. The van der Waals surface area contributed by atoms with E-state index in [2.05, 4.69) is 5.32 Å². The Labute approximate surface area is 184 Å². The largest absolute Gasteiger partial charge is 0.493 e. The van der Waals surface area contributed by atoms with Crippen molar-refractivity contribution in [2.45, 2.75) is 6.92 Å². The Morgan fingerprint density at radius 2 is 1.71 bits per heavy atom. The normalized spacial score (nSPS) is 17.4. The molecular formula is C20H21ClN2O7S. The third-order valence-electron chi connectivity index (χ3n) is 4.71. The van der Waals surface area contributed by atoms with Crippen LogP contribution in [0.15, 0.2) is 30.3 Å². The summed E-state index contributed by atoms with van der Waals surface area (Å²) >= 11 is 6.25. The van der Waals surface area contributed by atoms with Crippen LogP contribution in [0.3, 0.4) is 0 Å². The van der Waals surface area contributed by atoms with E-state index in [4.69, 9.17) is 25.8 Å². The molecule has 2 amide bonds. The number of nitrogens with one attached hydrogen (secondary N) is 1. The molecule has 0 saturated carbocycles. The molecule has 2 aromatic carbocycles. The highest BCUT2D eigenvalue weighted by molar-refractivity contribution is 7.94. The fourth-order valence-corrected chi connectivity index (χ4v) is 5.33. The van der Waals surface area contributed by atoms with Crippen LogP contribution < -0.4 is 23.8 Å². The molecule has 0 unspecified atom stereocenters. The maximum atomic E-state index is 12.8. The van der Waals surface area contributed by atoms with Crippen molar-refractivity contribution < 1.29 is 32.2 Å². The number of carbonyl (C=O) groups is 2. The first kappa shape index (κ1) is 22.7. The Kier molecular flexibility index (Phi) is 6.33. The number of sulfonamides is 1. The molecule has 0 spiro atoms. The molecule has 2 aromatic rings. The summed E-state index contributed by atoms with van der Waals surface area (Å²) in [5.41, 5.74) is 0.547. The molecule has 1 aliphatic heterocycles. The van der Waals surface area contributed by atoms with Crippen molar-refractivity contribution in [3.8, 4) is 17.2 Å². The van der Waals surface area contributed by atoms with Crippen LogP contribution in [0.4, 0.5) is 11.4 Å². The van der Waals surface area contributed by atoms with Crippen LogP contribution in [0, 0.1) is 5.92 Å². The summed E-state index contributed by atoms with van der Waals surface area (Å²) in [4.78, 5) is 25.0. The van der Waals surface area contributed by atoms with Gasteiger partial charge in [0.2, 0.25) is 21.7 Å². The summed E-state index contributed by atoms with van der Waals surface area (Å²) in [5, 5.41) is 2.67. The third-order valence-corrected chi connectivity index (χ3v) is 6.90. The summed E-state index contributed by atoms with van der Waals surface area (Å²) in [6, 6.07) is 7.11. The van der Waals surface area contributed by atoms with Crippen LogP contribution in [0.25, 0.3) is 0 Å². The summed E-state index contributed by atoms with van der Waals surface area (Å²) in [6.45, 7) is 1.54. The van der Waals surface area contributed by atoms with Gasteiger partial charge in [0.1, 0.15) is 0 Å². The number of methoxy groups -OCH3 is 3. The summed E-state index contributed by atoms with van der Waals surface area (Å²) < 4.78 is 41.1. The topological polar surface area (TPSA) is 111 Å².